The molecule has 2 rings (SSSR count). The van der Waals surface area contributed by atoms with Crippen molar-refractivity contribution in [2.45, 2.75) is 6.61 Å². The van der Waals surface area contributed by atoms with Gasteiger partial charge in [-0.05, 0) is 34.1 Å². The Morgan fingerprint density at radius 2 is 2.05 bits per heavy atom. The van der Waals surface area contributed by atoms with Gasteiger partial charge in [-0.2, -0.15) is 0 Å². The molecule has 0 aliphatic heterocycles. The number of hydrogen-bond acceptors (Lipinski definition) is 4. The van der Waals surface area contributed by atoms with E-state index in [1.54, 1.807) is 14.2 Å². The van der Waals surface area contributed by atoms with Gasteiger partial charge in [0.05, 0.1) is 16.8 Å². The SMILES string of the molecule is CNc1nc(-c2cc(Cl)ccc2Br)nc(COC)c1Br. The van der Waals surface area contributed by atoms with Crippen LogP contribution in [0.1, 0.15) is 5.69 Å². The Morgan fingerprint density at radius 1 is 1.30 bits per heavy atom. The van der Waals surface area contributed by atoms with Crippen molar-refractivity contribution >= 4 is 49.3 Å². The van der Waals surface area contributed by atoms with Gasteiger partial charge in [-0.1, -0.05) is 27.5 Å². The molecule has 0 spiro atoms. The molecule has 0 aliphatic carbocycles. The molecule has 4 nitrogen and oxygen atoms in total. The lowest BCUT2D eigenvalue weighted by Crippen LogP contribution is -2.04. The van der Waals surface area contributed by atoms with E-state index in [0.717, 1.165) is 20.2 Å². The third-order valence-corrected chi connectivity index (χ3v) is 4.37. The van der Waals surface area contributed by atoms with Crippen molar-refractivity contribution in [1.82, 2.24) is 9.97 Å². The van der Waals surface area contributed by atoms with Crippen molar-refractivity contribution in [3.63, 3.8) is 0 Å². The van der Waals surface area contributed by atoms with Crippen molar-refractivity contribution in [3.8, 4) is 11.4 Å². The zero-order chi connectivity index (χ0) is 14.7. The summed E-state index contributed by atoms with van der Waals surface area (Å²) >= 11 is 13.0. The fourth-order valence-corrected chi connectivity index (χ4v) is 2.77. The van der Waals surface area contributed by atoms with Crippen molar-refractivity contribution in [1.29, 1.82) is 0 Å². The number of methoxy groups -OCH3 is 1. The molecule has 106 valence electrons. The van der Waals surface area contributed by atoms with Crippen LogP contribution in [0.5, 0.6) is 0 Å². The number of rotatable bonds is 4. The monoisotopic (exact) mass is 419 g/mol. The Bertz CT molecular complexity index is 637. The van der Waals surface area contributed by atoms with E-state index in [4.69, 9.17) is 16.3 Å². The lowest BCUT2D eigenvalue weighted by molar-refractivity contribution is 0.181. The number of benzene rings is 1. The lowest BCUT2D eigenvalue weighted by atomic mass is 10.2. The second kappa shape index (κ2) is 6.85. The molecule has 0 aliphatic rings. The molecule has 0 fully saturated rings. The first kappa shape index (κ1) is 15.7. The molecule has 0 atom stereocenters. The molecule has 0 bridgehead atoms. The van der Waals surface area contributed by atoms with E-state index in [-0.39, 0.29) is 0 Å². The smallest absolute Gasteiger partial charge is 0.163 e. The minimum Gasteiger partial charge on any atom is -0.378 e. The summed E-state index contributed by atoms with van der Waals surface area (Å²) in [5, 5.41) is 3.67. The van der Waals surface area contributed by atoms with Gasteiger partial charge >= 0.3 is 0 Å². The van der Waals surface area contributed by atoms with Gasteiger partial charge in [0.25, 0.3) is 0 Å². The summed E-state index contributed by atoms with van der Waals surface area (Å²) in [4.78, 5) is 9.02. The van der Waals surface area contributed by atoms with Crippen LogP contribution in [-0.4, -0.2) is 24.1 Å². The fourth-order valence-electron chi connectivity index (χ4n) is 1.68. The van der Waals surface area contributed by atoms with Crippen LogP contribution in [0.4, 0.5) is 5.82 Å². The second-order valence-electron chi connectivity index (χ2n) is 3.96. The van der Waals surface area contributed by atoms with Gasteiger partial charge in [-0.3, -0.25) is 0 Å². The van der Waals surface area contributed by atoms with Gasteiger partial charge in [0, 0.05) is 29.2 Å². The largest absolute Gasteiger partial charge is 0.378 e. The summed E-state index contributed by atoms with van der Waals surface area (Å²) in [6.45, 7) is 0.392. The molecule has 20 heavy (non-hydrogen) atoms. The number of nitrogens with one attached hydrogen (secondary N) is 1. The van der Waals surface area contributed by atoms with E-state index in [0.29, 0.717) is 23.3 Å². The predicted octanol–water partition coefficient (Wildman–Crippen LogP) is 4.51. The molecule has 0 saturated carbocycles. The summed E-state index contributed by atoms with van der Waals surface area (Å²) < 4.78 is 6.85. The average molecular weight is 422 g/mol. The topological polar surface area (TPSA) is 47.0 Å². The van der Waals surface area contributed by atoms with Crippen molar-refractivity contribution in [3.05, 3.63) is 37.9 Å². The quantitative estimate of drug-likeness (QED) is 0.789. The van der Waals surface area contributed by atoms with Crippen molar-refractivity contribution < 1.29 is 4.74 Å². The first-order valence-corrected chi connectivity index (χ1v) is 7.71. The third kappa shape index (κ3) is 3.31. The molecule has 1 heterocycles. The minimum absolute atomic E-state index is 0.392. The Morgan fingerprint density at radius 3 is 2.70 bits per heavy atom. The molecule has 1 N–H and O–H groups in total. The maximum absolute atomic E-state index is 6.05. The number of aromatic nitrogens is 2. The number of anilines is 1. The van der Waals surface area contributed by atoms with Gasteiger partial charge in [0.15, 0.2) is 5.82 Å². The highest BCUT2D eigenvalue weighted by Crippen LogP contribution is 2.32. The van der Waals surface area contributed by atoms with Crippen molar-refractivity contribution in [2.24, 2.45) is 0 Å². The molecule has 0 amide bonds. The summed E-state index contributed by atoms with van der Waals surface area (Å²) in [6.07, 6.45) is 0. The standard InChI is InChI=1S/C13H12Br2ClN3O/c1-17-13-11(15)10(6-20-2)18-12(19-13)8-5-7(16)3-4-9(8)14/h3-5H,6H2,1-2H3,(H,17,18,19). The van der Waals surface area contributed by atoms with Crippen LogP contribution in [-0.2, 0) is 11.3 Å². The van der Waals surface area contributed by atoms with Gasteiger partial charge < -0.3 is 10.1 Å². The zero-order valence-corrected chi connectivity index (χ0v) is 14.8. The summed E-state index contributed by atoms with van der Waals surface area (Å²) in [5.74, 6) is 1.29. The van der Waals surface area contributed by atoms with Crippen LogP contribution in [0, 0.1) is 0 Å². The van der Waals surface area contributed by atoms with E-state index in [1.165, 1.54) is 0 Å². The first-order chi connectivity index (χ1) is 9.56. The molecule has 1 aromatic heterocycles. The van der Waals surface area contributed by atoms with Crippen LogP contribution in [0.25, 0.3) is 11.4 Å². The Labute approximate surface area is 139 Å². The Balaban J connectivity index is 2.61. The zero-order valence-electron chi connectivity index (χ0n) is 10.9. The first-order valence-electron chi connectivity index (χ1n) is 5.75. The van der Waals surface area contributed by atoms with Crippen LogP contribution in [0.15, 0.2) is 27.1 Å². The second-order valence-corrected chi connectivity index (χ2v) is 6.05. The lowest BCUT2D eigenvalue weighted by Gasteiger charge is -2.11. The number of hydrogen-bond donors (Lipinski definition) is 1. The molecule has 1 aromatic carbocycles. The number of nitrogens with zero attached hydrogens (tertiary/aromatic N) is 2. The van der Waals surface area contributed by atoms with Gasteiger partial charge in [-0.25, -0.2) is 9.97 Å². The highest BCUT2D eigenvalue weighted by molar-refractivity contribution is 9.11. The minimum atomic E-state index is 0.392. The van der Waals surface area contributed by atoms with E-state index in [9.17, 15) is 0 Å². The Hall–Kier alpha value is -0.690. The molecular formula is C13H12Br2ClN3O. The molecule has 0 unspecified atom stereocenters. The summed E-state index contributed by atoms with van der Waals surface area (Å²) in [6, 6.07) is 5.51. The molecule has 7 heteroatoms. The maximum atomic E-state index is 6.05. The average Bonchev–Trinajstić information content (AvgIpc) is 2.44. The fraction of sp³-hybridized carbons (Fsp3) is 0.231. The Kier molecular flexibility index (Phi) is 5.37. The highest BCUT2D eigenvalue weighted by atomic mass is 79.9. The normalized spacial score (nSPS) is 10.7. The van der Waals surface area contributed by atoms with Crippen LogP contribution >= 0.6 is 43.5 Å². The molecule has 0 saturated heterocycles. The van der Waals surface area contributed by atoms with Gasteiger partial charge in [0.2, 0.25) is 0 Å². The van der Waals surface area contributed by atoms with E-state index < -0.39 is 0 Å². The summed E-state index contributed by atoms with van der Waals surface area (Å²) in [7, 11) is 3.43. The van der Waals surface area contributed by atoms with E-state index in [2.05, 4.69) is 47.1 Å². The van der Waals surface area contributed by atoms with Crippen LogP contribution in [0.3, 0.4) is 0 Å². The van der Waals surface area contributed by atoms with E-state index in [1.807, 2.05) is 18.2 Å². The van der Waals surface area contributed by atoms with E-state index >= 15 is 0 Å². The van der Waals surface area contributed by atoms with Gasteiger partial charge in [-0.15, -0.1) is 0 Å². The summed E-state index contributed by atoms with van der Waals surface area (Å²) in [5.41, 5.74) is 1.60. The van der Waals surface area contributed by atoms with Gasteiger partial charge in [0.1, 0.15) is 5.82 Å². The predicted molar refractivity (Wildman–Crippen MR) is 88.1 cm³/mol. The number of halogens is 3. The highest BCUT2D eigenvalue weighted by Gasteiger charge is 2.14. The molecular weight excluding hydrogens is 409 g/mol. The maximum Gasteiger partial charge on any atom is 0.163 e. The van der Waals surface area contributed by atoms with Crippen LogP contribution < -0.4 is 5.32 Å². The molecule has 0 radical (unpaired) electrons. The molecule has 2 aromatic rings. The number of ether oxygens (including phenoxy) is 1. The third-order valence-electron chi connectivity index (χ3n) is 2.61. The van der Waals surface area contributed by atoms with Crippen molar-refractivity contribution in [2.75, 3.05) is 19.5 Å². The van der Waals surface area contributed by atoms with Crippen LogP contribution in [0.2, 0.25) is 5.02 Å².